The number of methoxy groups -OCH3 is 1. The van der Waals surface area contributed by atoms with Crippen molar-refractivity contribution < 1.29 is 9.53 Å². The molecule has 0 saturated carbocycles. The molecule has 1 unspecified atom stereocenters. The molecular formula is C12H17BrN2O2. The lowest BCUT2D eigenvalue weighted by atomic mass is 10.1. The van der Waals surface area contributed by atoms with E-state index in [1.165, 1.54) is 7.11 Å². The van der Waals surface area contributed by atoms with Crippen molar-refractivity contribution in [1.29, 1.82) is 0 Å². The van der Waals surface area contributed by atoms with Gasteiger partial charge in [-0.3, -0.25) is 4.98 Å². The SMILES string of the molecule is COC(=O)C(NCC(C)C)c1cncc(Br)c1. The van der Waals surface area contributed by atoms with Crippen LogP contribution >= 0.6 is 15.9 Å². The van der Waals surface area contributed by atoms with Crippen LogP contribution < -0.4 is 5.32 Å². The smallest absolute Gasteiger partial charge is 0.327 e. The highest BCUT2D eigenvalue weighted by Crippen LogP contribution is 2.18. The zero-order chi connectivity index (χ0) is 12.8. The molecule has 5 heteroatoms. The molecular weight excluding hydrogens is 284 g/mol. The van der Waals surface area contributed by atoms with E-state index in [-0.39, 0.29) is 5.97 Å². The maximum absolute atomic E-state index is 11.7. The van der Waals surface area contributed by atoms with E-state index in [9.17, 15) is 4.79 Å². The first-order chi connectivity index (χ1) is 8.04. The Labute approximate surface area is 110 Å². The van der Waals surface area contributed by atoms with Gasteiger partial charge in [0, 0.05) is 16.9 Å². The van der Waals surface area contributed by atoms with Crippen molar-refractivity contribution in [2.24, 2.45) is 5.92 Å². The van der Waals surface area contributed by atoms with E-state index in [2.05, 4.69) is 40.1 Å². The Morgan fingerprint density at radius 2 is 2.24 bits per heavy atom. The van der Waals surface area contributed by atoms with E-state index >= 15 is 0 Å². The fraction of sp³-hybridized carbons (Fsp3) is 0.500. The van der Waals surface area contributed by atoms with Gasteiger partial charge in [-0.15, -0.1) is 0 Å². The van der Waals surface area contributed by atoms with Gasteiger partial charge in [-0.2, -0.15) is 0 Å². The molecule has 0 aliphatic rings. The lowest BCUT2D eigenvalue weighted by Gasteiger charge is -2.18. The molecule has 17 heavy (non-hydrogen) atoms. The summed E-state index contributed by atoms with van der Waals surface area (Å²) < 4.78 is 5.64. The second-order valence-electron chi connectivity index (χ2n) is 4.19. The van der Waals surface area contributed by atoms with Crippen LogP contribution in [0.5, 0.6) is 0 Å². The molecule has 0 aliphatic carbocycles. The first-order valence-corrected chi connectivity index (χ1v) is 6.25. The molecule has 1 heterocycles. The molecule has 0 amide bonds. The molecule has 1 aromatic heterocycles. The quantitative estimate of drug-likeness (QED) is 0.848. The van der Waals surface area contributed by atoms with E-state index in [0.29, 0.717) is 5.92 Å². The van der Waals surface area contributed by atoms with Gasteiger partial charge in [0.1, 0.15) is 6.04 Å². The van der Waals surface area contributed by atoms with Crippen LogP contribution in [0.2, 0.25) is 0 Å². The maximum Gasteiger partial charge on any atom is 0.327 e. The van der Waals surface area contributed by atoms with E-state index in [0.717, 1.165) is 16.6 Å². The van der Waals surface area contributed by atoms with Crippen molar-refractivity contribution in [3.8, 4) is 0 Å². The van der Waals surface area contributed by atoms with Crippen molar-refractivity contribution >= 4 is 21.9 Å². The summed E-state index contributed by atoms with van der Waals surface area (Å²) in [4.78, 5) is 15.8. The van der Waals surface area contributed by atoms with Crippen LogP contribution in [0, 0.1) is 5.92 Å². The van der Waals surface area contributed by atoms with E-state index < -0.39 is 6.04 Å². The Kier molecular flexibility index (Phi) is 5.58. The van der Waals surface area contributed by atoms with Crippen molar-refractivity contribution in [3.63, 3.8) is 0 Å². The van der Waals surface area contributed by atoms with Crippen LogP contribution in [0.3, 0.4) is 0 Å². The zero-order valence-corrected chi connectivity index (χ0v) is 11.8. The van der Waals surface area contributed by atoms with Gasteiger partial charge >= 0.3 is 5.97 Å². The number of ether oxygens (including phenoxy) is 1. The van der Waals surface area contributed by atoms with Gasteiger partial charge in [0.2, 0.25) is 0 Å². The molecule has 0 bridgehead atoms. The number of halogens is 1. The van der Waals surface area contributed by atoms with Gasteiger partial charge in [0.25, 0.3) is 0 Å². The number of nitrogens with one attached hydrogen (secondary N) is 1. The number of esters is 1. The summed E-state index contributed by atoms with van der Waals surface area (Å²) in [6, 6.07) is 1.40. The molecule has 0 aliphatic heterocycles. The lowest BCUT2D eigenvalue weighted by molar-refractivity contribution is -0.143. The lowest BCUT2D eigenvalue weighted by Crippen LogP contribution is -2.32. The van der Waals surface area contributed by atoms with Crippen molar-refractivity contribution in [2.75, 3.05) is 13.7 Å². The molecule has 4 nitrogen and oxygen atoms in total. The summed E-state index contributed by atoms with van der Waals surface area (Å²) in [5.41, 5.74) is 0.798. The van der Waals surface area contributed by atoms with Crippen molar-refractivity contribution in [3.05, 3.63) is 28.5 Å². The minimum absolute atomic E-state index is 0.300. The fourth-order valence-electron chi connectivity index (χ4n) is 1.39. The normalized spacial score (nSPS) is 12.5. The van der Waals surface area contributed by atoms with E-state index in [4.69, 9.17) is 4.74 Å². The first-order valence-electron chi connectivity index (χ1n) is 5.46. The molecule has 1 atom stereocenters. The minimum Gasteiger partial charge on any atom is -0.468 e. The summed E-state index contributed by atoms with van der Waals surface area (Å²) in [7, 11) is 1.39. The predicted octanol–water partition coefficient (Wildman–Crippen LogP) is 2.30. The Hall–Kier alpha value is -0.940. The largest absolute Gasteiger partial charge is 0.468 e. The van der Waals surface area contributed by atoms with Crippen LogP contribution in [0.25, 0.3) is 0 Å². The molecule has 0 spiro atoms. The van der Waals surface area contributed by atoms with Crippen LogP contribution in [-0.2, 0) is 9.53 Å². The van der Waals surface area contributed by atoms with Crippen molar-refractivity contribution in [1.82, 2.24) is 10.3 Å². The van der Waals surface area contributed by atoms with Crippen LogP contribution in [0.1, 0.15) is 25.5 Å². The summed E-state index contributed by atoms with van der Waals surface area (Å²) in [5, 5.41) is 3.18. The minimum atomic E-state index is -0.465. The Morgan fingerprint density at radius 3 is 2.76 bits per heavy atom. The molecule has 1 aromatic rings. The predicted molar refractivity (Wildman–Crippen MR) is 69.5 cm³/mol. The third-order valence-corrected chi connectivity index (χ3v) is 2.66. The second-order valence-corrected chi connectivity index (χ2v) is 5.11. The van der Waals surface area contributed by atoms with Crippen molar-refractivity contribution in [2.45, 2.75) is 19.9 Å². The third kappa shape index (κ3) is 4.44. The number of hydrogen-bond donors (Lipinski definition) is 1. The van der Waals surface area contributed by atoms with Gasteiger partial charge in [0.05, 0.1) is 7.11 Å². The average molecular weight is 301 g/mol. The molecule has 0 radical (unpaired) electrons. The number of hydrogen-bond acceptors (Lipinski definition) is 4. The zero-order valence-electron chi connectivity index (χ0n) is 10.2. The highest BCUT2D eigenvalue weighted by molar-refractivity contribution is 9.10. The number of carbonyl (C=O) groups excluding carboxylic acids is 1. The summed E-state index contributed by atoms with van der Waals surface area (Å²) in [6.07, 6.45) is 3.35. The summed E-state index contributed by atoms with van der Waals surface area (Å²) >= 11 is 3.34. The highest BCUT2D eigenvalue weighted by Gasteiger charge is 2.21. The van der Waals surface area contributed by atoms with Gasteiger partial charge in [-0.1, -0.05) is 13.8 Å². The first kappa shape index (κ1) is 14.1. The summed E-state index contributed by atoms with van der Waals surface area (Å²) in [6.45, 7) is 4.91. The Balaban J connectivity index is 2.86. The third-order valence-electron chi connectivity index (χ3n) is 2.23. The van der Waals surface area contributed by atoms with Crippen LogP contribution in [0.4, 0.5) is 0 Å². The van der Waals surface area contributed by atoms with E-state index in [1.54, 1.807) is 12.4 Å². The average Bonchev–Trinajstić information content (AvgIpc) is 2.28. The number of nitrogens with zero attached hydrogens (tertiary/aromatic N) is 1. The fourth-order valence-corrected chi connectivity index (χ4v) is 1.78. The Morgan fingerprint density at radius 1 is 1.53 bits per heavy atom. The Bertz CT molecular complexity index is 383. The van der Waals surface area contributed by atoms with Gasteiger partial charge in [-0.25, -0.2) is 4.79 Å². The van der Waals surface area contributed by atoms with Crippen LogP contribution in [0.15, 0.2) is 22.9 Å². The molecule has 94 valence electrons. The second kappa shape index (κ2) is 6.71. The van der Waals surface area contributed by atoms with Gasteiger partial charge in [-0.05, 0) is 40.0 Å². The van der Waals surface area contributed by atoms with Gasteiger partial charge in [0.15, 0.2) is 0 Å². The number of rotatable bonds is 5. The topological polar surface area (TPSA) is 51.2 Å². The monoisotopic (exact) mass is 300 g/mol. The maximum atomic E-state index is 11.7. The molecule has 0 fully saturated rings. The van der Waals surface area contributed by atoms with E-state index in [1.807, 2.05) is 6.07 Å². The molecule has 0 aromatic carbocycles. The molecule has 1 rings (SSSR count). The van der Waals surface area contributed by atoms with Crippen LogP contribution in [-0.4, -0.2) is 24.6 Å². The standard InChI is InChI=1S/C12H17BrN2O2/c1-8(2)5-15-11(12(16)17-3)9-4-10(13)7-14-6-9/h4,6-8,11,15H,5H2,1-3H3. The summed E-state index contributed by atoms with van der Waals surface area (Å²) in [5.74, 6) is 0.160. The molecule has 1 N–H and O–H groups in total. The number of aromatic nitrogens is 1. The number of carbonyl (C=O) groups is 1. The van der Waals surface area contributed by atoms with Gasteiger partial charge < -0.3 is 10.1 Å². The highest BCUT2D eigenvalue weighted by atomic mass is 79.9. The molecule has 0 saturated heterocycles. The number of pyridine rings is 1.